The van der Waals surface area contributed by atoms with E-state index >= 15 is 0 Å². The highest BCUT2D eigenvalue weighted by Crippen LogP contribution is 2.31. The number of aliphatic hydroxyl groups excluding tert-OH is 5. The maximum Gasteiger partial charge on any atom is 0.331 e. The van der Waals surface area contributed by atoms with Crippen LogP contribution >= 0.6 is 0 Å². The topological polar surface area (TPSA) is 223 Å². The molecule has 0 saturated carbocycles. The lowest BCUT2D eigenvalue weighted by Crippen LogP contribution is -2.64. The lowest BCUT2D eigenvalue weighted by atomic mass is 9.97. The maximum absolute atomic E-state index is 12.9. The Morgan fingerprint density at radius 2 is 1.60 bits per heavy atom. The van der Waals surface area contributed by atoms with Gasteiger partial charge in [0.15, 0.2) is 41.7 Å². The van der Waals surface area contributed by atoms with Crippen molar-refractivity contribution >= 4 is 12.0 Å². The van der Waals surface area contributed by atoms with Crippen LogP contribution in [0.1, 0.15) is 11.1 Å². The monoisotopic (exact) mass is 638 g/mol. The molecule has 2 aromatic rings. The number of rotatable bonds is 12. The van der Waals surface area contributed by atoms with E-state index in [2.05, 4.69) is 0 Å². The molecule has 2 aromatic carbocycles. The second-order valence-electron chi connectivity index (χ2n) is 10.4. The molecule has 0 aromatic heterocycles. The lowest BCUT2D eigenvalue weighted by molar-refractivity contribution is -0.349. The average Bonchev–Trinajstić information content (AvgIpc) is 3.03. The molecule has 15 heteroatoms. The largest absolute Gasteiger partial charge is 0.504 e. The molecule has 0 spiro atoms. The Hall–Kier alpha value is -3.51. The number of carbonyl (C=O) groups excluding carboxylic acids is 1. The number of benzene rings is 2. The van der Waals surface area contributed by atoms with Gasteiger partial charge in [-0.15, -0.1) is 0 Å². The fraction of sp³-hybridized carbons (Fsp3) is 0.500. The molecule has 9 atom stereocenters. The van der Waals surface area contributed by atoms with Gasteiger partial charge in [-0.2, -0.15) is 0 Å². The Labute approximate surface area is 258 Å². The Morgan fingerprint density at radius 3 is 2.29 bits per heavy atom. The third-order valence-electron chi connectivity index (χ3n) is 7.32. The number of esters is 1. The van der Waals surface area contributed by atoms with E-state index in [1.165, 1.54) is 44.6 Å². The fourth-order valence-corrected chi connectivity index (χ4v) is 4.84. The number of aliphatic hydroxyl groups is 5. The maximum atomic E-state index is 12.9. The number of methoxy groups -OCH3 is 2. The van der Waals surface area contributed by atoms with E-state index in [1.54, 1.807) is 12.1 Å². The summed E-state index contributed by atoms with van der Waals surface area (Å²) in [5.41, 5.74) is 1.22. The van der Waals surface area contributed by atoms with Crippen molar-refractivity contribution in [2.24, 2.45) is 0 Å². The Kier molecular flexibility index (Phi) is 12.0. The van der Waals surface area contributed by atoms with Gasteiger partial charge in [-0.1, -0.05) is 12.1 Å². The Morgan fingerprint density at radius 1 is 0.911 bits per heavy atom. The first-order valence-corrected chi connectivity index (χ1v) is 14.0. The van der Waals surface area contributed by atoms with E-state index in [4.69, 9.17) is 33.2 Å². The third-order valence-corrected chi connectivity index (χ3v) is 7.32. The summed E-state index contributed by atoms with van der Waals surface area (Å²) in [6, 6.07) is 9.10. The quantitative estimate of drug-likeness (QED) is 0.112. The molecule has 2 aliphatic rings. The summed E-state index contributed by atoms with van der Waals surface area (Å²) < 4.78 is 38.4. The van der Waals surface area contributed by atoms with E-state index in [-0.39, 0.29) is 29.6 Å². The summed E-state index contributed by atoms with van der Waals surface area (Å²) >= 11 is 0. The number of carbonyl (C=O) groups is 1. The molecule has 7 N–H and O–H groups in total. The Balaban J connectivity index is 1.51. The van der Waals surface area contributed by atoms with Crippen molar-refractivity contribution in [2.75, 3.05) is 34.0 Å². The fourth-order valence-electron chi connectivity index (χ4n) is 4.84. The molecule has 4 rings (SSSR count). The van der Waals surface area contributed by atoms with Crippen molar-refractivity contribution in [3.63, 3.8) is 0 Å². The zero-order chi connectivity index (χ0) is 32.7. The number of phenolic OH excluding ortho intramolecular Hbond substituents is 2. The summed E-state index contributed by atoms with van der Waals surface area (Å²) in [6.07, 6.45) is -10.9. The summed E-state index contributed by atoms with van der Waals surface area (Å²) in [5.74, 6) is -0.618. The first kappa shape index (κ1) is 34.4. The molecular formula is C30H38O15. The zero-order valence-corrected chi connectivity index (χ0v) is 24.5. The molecule has 248 valence electrons. The number of aromatic hydroxyl groups is 2. The van der Waals surface area contributed by atoms with Gasteiger partial charge < -0.3 is 68.9 Å². The summed E-state index contributed by atoms with van der Waals surface area (Å²) in [7, 11) is 2.78. The third kappa shape index (κ3) is 8.40. The van der Waals surface area contributed by atoms with E-state index in [0.29, 0.717) is 12.0 Å². The standard InChI is InChI=1S/C30H38O15/c1-39-20-11-15(3-6-17(20)32)5-8-23(35)44-27-22(13-31)43-30(41-10-9-16-4-7-18(33)21(12-16)40-2)26(38)28(27)45-29-25(37)24(36)19(34)14-42-29/h3-8,11-12,19,22,24-34,36-38H,9-10,13-14H2,1-2H3. The van der Waals surface area contributed by atoms with Gasteiger partial charge in [-0.05, 0) is 47.9 Å². The highest BCUT2D eigenvalue weighted by molar-refractivity contribution is 5.87. The van der Waals surface area contributed by atoms with E-state index < -0.39 is 74.5 Å². The van der Waals surface area contributed by atoms with Crippen LogP contribution in [0.4, 0.5) is 0 Å². The van der Waals surface area contributed by atoms with Crippen LogP contribution < -0.4 is 9.47 Å². The minimum Gasteiger partial charge on any atom is -0.504 e. The molecule has 9 unspecified atom stereocenters. The van der Waals surface area contributed by atoms with Gasteiger partial charge in [0, 0.05) is 6.08 Å². The predicted molar refractivity (Wildman–Crippen MR) is 152 cm³/mol. The molecule has 45 heavy (non-hydrogen) atoms. The van der Waals surface area contributed by atoms with Crippen LogP contribution in [-0.2, 0) is 34.9 Å². The molecule has 0 bridgehead atoms. The minimum absolute atomic E-state index is 0.00271. The minimum atomic E-state index is -1.74. The Bertz CT molecular complexity index is 1300. The summed E-state index contributed by atoms with van der Waals surface area (Å²) in [4.78, 5) is 12.9. The molecule has 0 aliphatic carbocycles. The molecular weight excluding hydrogens is 600 g/mol. The van der Waals surface area contributed by atoms with Crippen LogP contribution in [0.5, 0.6) is 23.0 Å². The molecule has 2 saturated heterocycles. The van der Waals surface area contributed by atoms with Crippen molar-refractivity contribution in [2.45, 2.75) is 61.7 Å². The molecule has 15 nitrogen and oxygen atoms in total. The van der Waals surface area contributed by atoms with Gasteiger partial charge in [0.25, 0.3) is 0 Å². The number of hydrogen-bond acceptors (Lipinski definition) is 15. The molecule has 2 heterocycles. The van der Waals surface area contributed by atoms with Crippen molar-refractivity contribution < 1.29 is 73.7 Å². The second kappa shape index (κ2) is 15.7. The van der Waals surface area contributed by atoms with Crippen LogP contribution in [0.2, 0.25) is 0 Å². The van der Waals surface area contributed by atoms with Gasteiger partial charge in [0.05, 0.1) is 34.0 Å². The van der Waals surface area contributed by atoms with Crippen molar-refractivity contribution in [1.29, 1.82) is 0 Å². The van der Waals surface area contributed by atoms with Crippen LogP contribution in [0, 0.1) is 0 Å². The van der Waals surface area contributed by atoms with E-state index in [0.717, 1.165) is 11.6 Å². The number of hydrogen-bond donors (Lipinski definition) is 7. The normalized spacial score (nSPS) is 30.2. The molecule has 0 amide bonds. The van der Waals surface area contributed by atoms with E-state index in [9.17, 15) is 40.5 Å². The summed E-state index contributed by atoms with van der Waals surface area (Å²) in [5, 5.41) is 71.4. The summed E-state index contributed by atoms with van der Waals surface area (Å²) in [6.45, 7) is -1.10. The van der Waals surface area contributed by atoms with Gasteiger partial charge in [0.2, 0.25) is 0 Å². The number of ether oxygens (including phenoxy) is 7. The predicted octanol–water partition coefficient (Wildman–Crippen LogP) is -0.798. The van der Waals surface area contributed by atoms with Crippen LogP contribution in [-0.4, -0.2) is 131 Å². The van der Waals surface area contributed by atoms with Crippen LogP contribution in [0.25, 0.3) is 6.08 Å². The van der Waals surface area contributed by atoms with E-state index in [1.807, 2.05) is 0 Å². The van der Waals surface area contributed by atoms with Crippen molar-refractivity contribution in [3.05, 3.63) is 53.6 Å². The highest BCUT2D eigenvalue weighted by Gasteiger charge is 2.51. The van der Waals surface area contributed by atoms with Crippen LogP contribution in [0.3, 0.4) is 0 Å². The van der Waals surface area contributed by atoms with Gasteiger partial charge in [0.1, 0.15) is 36.6 Å². The molecule has 0 radical (unpaired) electrons. The van der Waals surface area contributed by atoms with Gasteiger partial charge in [-0.3, -0.25) is 0 Å². The molecule has 2 aliphatic heterocycles. The average molecular weight is 639 g/mol. The van der Waals surface area contributed by atoms with Crippen molar-refractivity contribution in [1.82, 2.24) is 0 Å². The van der Waals surface area contributed by atoms with Gasteiger partial charge in [-0.25, -0.2) is 4.79 Å². The SMILES string of the molecule is COc1cc(C=CC(=O)OC2C(CO)OC(OCCc3ccc(O)c(OC)c3)C(O)C2OC2OCC(O)C(O)C2O)ccc1O. The number of phenols is 2. The zero-order valence-electron chi connectivity index (χ0n) is 24.5. The second-order valence-corrected chi connectivity index (χ2v) is 10.4. The van der Waals surface area contributed by atoms with Crippen molar-refractivity contribution in [3.8, 4) is 23.0 Å². The first-order valence-electron chi connectivity index (χ1n) is 14.0. The first-order chi connectivity index (χ1) is 21.6. The van der Waals surface area contributed by atoms with Crippen LogP contribution in [0.15, 0.2) is 42.5 Å². The molecule has 2 fully saturated rings. The highest BCUT2D eigenvalue weighted by atomic mass is 16.7. The lowest BCUT2D eigenvalue weighted by Gasteiger charge is -2.45. The van der Waals surface area contributed by atoms with Gasteiger partial charge >= 0.3 is 5.97 Å². The smallest absolute Gasteiger partial charge is 0.331 e.